The summed E-state index contributed by atoms with van der Waals surface area (Å²) in [6.45, 7) is 0. The molecule has 0 fully saturated rings. The van der Waals surface area contributed by atoms with Gasteiger partial charge in [-0.3, -0.25) is 20.2 Å². The Labute approximate surface area is 118 Å². The zero-order chi connectivity index (χ0) is 14.0. The van der Waals surface area contributed by atoms with Gasteiger partial charge in [-0.25, -0.2) is 9.37 Å². The van der Waals surface area contributed by atoms with Crippen molar-refractivity contribution in [3.8, 4) is 0 Å². The van der Waals surface area contributed by atoms with Gasteiger partial charge in [0.25, 0.3) is 5.91 Å². The molecule has 0 aliphatic rings. The smallest absolute Gasteiger partial charge is 0.298 e. The van der Waals surface area contributed by atoms with Crippen molar-refractivity contribution in [2.45, 2.75) is 0 Å². The molecular formula is C10H5BrFN3O3S. The van der Waals surface area contributed by atoms with Crippen molar-refractivity contribution in [1.82, 2.24) is 4.98 Å². The molecule has 9 heteroatoms. The van der Waals surface area contributed by atoms with E-state index >= 15 is 0 Å². The van der Waals surface area contributed by atoms with Crippen LogP contribution in [0.4, 0.5) is 14.5 Å². The minimum atomic E-state index is -0.606. The number of carbonyl (C=O) groups excluding carboxylic acids is 1. The van der Waals surface area contributed by atoms with Gasteiger partial charge in [0.2, 0.25) is 0 Å². The third-order valence-electron chi connectivity index (χ3n) is 2.09. The first-order valence-corrected chi connectivity index (χ1v) is 6.45. The Morgan fingerprint density at radius 3 is 2.89 bits per heavy atom. The number of hydrogen-bond acceptors (Lipinski definition) is 5. The Kier molecular flexibility index (Phi) is 3.86. The number of hydrogen-bond donors (Lipinski definition) is 1. The van der Waals surface area contributed by atoms with Gasteiger partial charge in [0.05, 0.1) is 15.0 Å². The van der Waals surface area contributed by atoms with Crippen LogP contribution in [-0.2, 0) is 0 Å². The maximum absolute atomic E-state index is 13.3. The molecule has 1 N–H and O–H groups in total. The average molecular weight is 346 g/mol. The van der Waals surface area contributed by atoms with Gasteiger partial charge < -0.3 is 0 Å². The number of halogens is 2. The van der Waals surface area contributed by atoms with Crippen molar-refractivity contribution in [3.05, 3.63) is 50.4 Å². The molecule has 1 heterocycles. The number of aromatic nitrogens is 1. The normalized spacial score (nSPS) is 10.2. The lowest BCUT2D eigenvalue weighted by atomic mass is 10.2. The first-order chi connectivity index (χ1) is 8.99. The van der Waals surface area contributed by atoms with Crippen LogP contribution in [0.15, 0.2) is 28.9 Å². The van der Waals surface area contributed by atoms with Crippen molar-refractivity contribution in [1.29, 1.82) is 0 Å². The van der Waals surface area contributed by atoms with Crippen molar-refractivity contribution in [2.75, 3.05) is 5.32 Å². The van der Waals surface area contributed by atoms with Gasteiger partial charge >= 0.3 is 5.00 Å². The monoisotopic (exact) mass is 345 g/mol. The van der Waals surface area contributed by atoms with Gasteiger partial charge in [0, 0.05) is 0 Å². The van der Waals surface area contributed by atoms with Crippen LogP contribution in [0, 0.1) is 15.9 Å². The molecule has 0 unspecified atom stereocenters. The van der Waals surface area contributed by atoms with Gasteiger partial charge in [0.1, 0.15) is 12.0 Å². The highest BCUT2D eigenvalue weighted by molar-refractivity contribution is 9.10. The molecule has 2 aromatic rings. The maximum Gasteiger partial charge on any atom is 0.345 e. The van der Waals surface area contributed by atoms with E-state index in [0.717, 1.165) is 17.5 Å². The predicted molar refractivity (Wildman–Crippen MR) is 70.8 cm³/mol. The quantitative estimate of drug-likeness (QED) is 0.683. The van der Waals surface area contributed by atoms with Crippen LogP contribution < -0.4 is 5.32 Å². The fourth-order valence-electron chi connectivity index (χ4n) is 1.25. The molecule has 0 saturated carbocycles. The standard InChI is InChI=1S/C10H5BrFN3O3S/c11-8-5(2-1-3-6(8)12)9(16)14-10-13-4-7(19-10)15(17)18/h1-4H,(H,13,14,16). The minimum Gasteiger partial charge on any atom is -0.298 e. The molecule has 0 bridgehead atoms. The van der Waals surface area contributed by atoms with Gasteiger partial charge in [-0.1, -0.05) is 6.07 Å². The van der Waals surface area contributed by atoms with Crippen molar-refractivity contribution in [2.24, 2.45) is 0 Å². The topological polar surface area (TPSA) is 85.1 Å². The molecule has 0 saturated heterocycles. The Morgan fingerprint density at radius 1 is 1.53 bits per heavy atom. The third kappa shape index (κ3) is 2.93. The summed E-state index contributed by atoms with van der Waals surface area (Å²) in [6, 6.07) is 4.01. The minimum absolute atomic E-state index is 0.0264. The molecule has 0 radical (unpaired) electrons. The molecule has 0 aliphatic heterocycles. The van der Waals surface area contributed by atoms with Crippen molar-refractivity contribution in [3.63, 3.8) is 0 Å². The second-order valence-electron chi connectivity index (χ2n) is 3.32. The summed E-state index contributed by atoms with van der Waals surface area (Å²) < 4.78 is 13.3. The lowest BCUT2D eigenvalue weighted by Gasteiger charge is -2.04. The zero-order valence-corrected chi connectivity index (χ0v) is 11.5. The maximum atomic E-state index is 13.3. The van der Waals surface area contributed by atoms with E-state index in [0.29, 0.717) is 0 Å². The van der Waals surface area contributed by atoms with Crippen LogP contribution in [0.1, 0.15) is 10.4 Å². The summed E-state index contributed by atoms with van der Waals surface area (Å²) in [6.07, 6.45) is 1.04. The first-order valence-electron chi connectivity index (χ1n) is 4.84. The number of rotatable bonds is 3. The fourth-order valence-corrected chi connectivity index (χ4v) is 2.32. The van der Waals surface area contributed by atoms with E-state index in [2.05, 4.69) is 26.2 Å². The van der Waals surface area contributed by atoms with E-state index in [-0.39, 0.29) is 20.2 Å². The van der Waals surface area contributed by atoms with Gasteiger partial charge in [-0.15, -0.1) is 0 Å². The molecule has 6 nitrogen and oxygen atoms in total. The summed E-state index contributed by atoms with van der Waals surface area (Å²) in [5.41, 5.74) is 0.0813. The molecular weight excluding hydrogens is 341 g/mol. The van der Waals surface area contributed by atoms with Crippen molar-refractivity contribution >= 4 is 43.3 Å². The van der Waals surface area contributed by atoms with Crippen LogP contribution in [0.3, 0.4) is 0 Å². The van der Waals surface area contributed by atoms with Crippen molar-refractivity contribution < 1.29 is 14.1 Å². The molecule has 0 spiro atoms. The second kappa shape index (κ2) is 5.41. The van der Waals surface area contributed by atoms with Crippen LogP contribution in [0.2, 0.25) is 0 Å². The highest BCUT2D eigenvalue weighted by Crippen LogP contribution is 2.26. The molecule has 1 aromatic heterocycles. The summed E-state index contributed by atoms with van der Waals surface area (Å²) in [5, 5.41) is 12.7. The predicted octanol–water partition coefficient (Wildman–Crippen LogP) is 3.21. The SMILES string of the molecule is O=C(Nc1ncc([N+](=O)[O-])s1)c1cccc(F)c1Br. The number of amides is 1. The van der Waals surface area contributed by atoms with E-state index in [1.165, 1.54) is 18.2 Å². The number of anilines is 1. The largest absolute Gasteiger partial charge is 0.345 e. The molecule has 2 rings (SSSR count). The lowest BCUT2D eigenvalue weighted by Crippen LogP contribution is -2.12. The highest BCUT2D eigenvalue weighted by atomic mass is 79.9. The van der Waals surface area contributed by atoms with Gasteiger partial charge in [-0.05, 0) is 39.4 Å². The van der Waals surface area contributed by atoms with Crippen LogP contribution in [0.25, 0.3) is 0 Å². The van der Waals surface area contributed by atoms with Crippen LogP contribution >= 0.6 is 27.3 Å². The lowest BCUT2D eigenvalue weighted by molar-refractivity contribution is -0.380. The first kappa shape index (κ1) is 13.6. The Bertz CT molecular complexity index is 661. The summed E-state index contributed by atoms with van der Waals surface area (Å²) in [7, 11) is 0. The number of thiazole rings is 1. The summed E-state index contributed by atoms with van der Waals surface area (Å²) in [4.78, 5) is 25.4. The molecule has 19 heavy (non-hydrogen) atoms. The molecule has 98 valence electrons. The van der Waals surface area contributed by atoms with E-state index in [1.54, 1.807) is 0 Å². The van der Waals surface area contributed by atoms with E-state index < -0.39 is 16.6 Å². The second-order valence-corrected chi connectivity index (χ2v) is 5.12. The molecule has 1 amide bonds. The van der Waals surface area contributed by atoms with Gasteiger partial charge in [-0.2, -0.15) is 0 Å². The number of nitrogens with zero attached hydrogens (tertiary/aromatic N) is 2. The Balaban J connectivity index is 2.21. The Hall–Kier alpha value is -1.87. The van der Waals surface area contributed by atoms with E-state index in [9.17, 15) is 19.3 Å². The number of nitro groups is 1. The molecule has 1 aromatic carbocycles. The third-order valence-corrected chi connectivity index (χ3v) is 3.76. The summed E-state index contributed by atoms with van der Waals surface area (Å²) in [5.74, 6) is -1.17. The van der Waals surface area contributed by atoms with Crippen LogP contribution in [0.5, 0.6) is 0 Å². The van der Waals surface area contributed by atoms with Crippen LogP contribution in [-0.4, -0.2) is 15.8 Å². The average Bonchev–Trinajstić information content (AvgIpc) is 2.81. The number of nitrogens with one attached hydrogen (secondary N) is 1. The zero-order valence-electron chi connectivity index (χ0n) is 9.09. The Morgan fingerprint density at radius 2 is 2.26 bits per heavy atom. The van der Waals surface area contributed by atoms with Gasteiger partial charge in [0.15, 0.2) is 5.13 Å². The fraction of sp³-hybridized carbons (Fsp3) is 0. The number of benzene rings is 1. The summed E-state index contributed by atoms with van der Waals surface area (Å²) >= 11 is 3.68. The molecule has 0 aliphatic carbocycles. The number of carbonyl (C=O) groups is 1. The van der Waals surface area contributed by atoms with E-state index in [1.807, 2.05) is 0 Å². The van der Waals surface area contributed by atoms with E-state index in [4.69, 9.17) is 0 Å². The highest BCUT2D eigenvalue weighted by Gasteiger charge is 2.17. The molecule has 0 atom stereocenters.